The summed E-state index contributed by atoms with van der Waals surface area (Å²) >= 11 is 5.94. The molecule has 1 N–H and O–H groups in total. The Morgan fingerprint density at radius 2 is 1.50 bits per heavy atom. The van der Waals surface area contributed by atoms with Gasteiger partial charge in [-0.1, -0.05) is 72.3 Å². The van der Waals surface area contributed by atoms with Crippen molar-refractivity contribution in [1.29, 1.82) is 0 Å². The van der Waals surface area contributed by atoms with Gasteiger partial charge in [-0.2, -0.15) is 4.31 Å². The van der Waals surface area contributed by atoms with Gasteiger partial charge in [0.25, 0.3) is 0 Å². The van der Waals surface area contributed by atoms with Crippen LogP contribution in [0.4, 0.5) is 0 Å². The molecule has 3 aromatic carbocycles. The summed E-state index contributed by atoms with van der Waals surface area (Å²) in [4.78, 5) is 12.9. The predicted octanol–water partition coefficient (Wildman–Crippen LogP) is 4.41. The van der Waals surface area contributed by atoms with E-state index in [0.717, 1.165) is 11.1 Å². The summed E-state index contributed by atoms with van der Waals surface area (Å²) in [6.45, 7) is 1.63. The molecule has 7 heteroatoms. The molecule has 1 amide bonds. The van der Waals surface area contributed by atoms with Crippen molar-refractivity contribution in [3.05, 3.63) is 101 Å². The standard InChI is InChI=1S/C23H23ClN2O3S/c1-18(20-8-4-2-5-9-20)25-23(27)17-26(16-19-12-14-21(24)15-13-19)30(28,29)22-10-6-3-7-11-22/h2-15,18H,16-17H2,1H3,(H,25,27). The molecule has 0 radical (unpaired) electrons. The molecule has 0 fully saturated rings. The third-order valence-electron chi connectivity index (χ3n) is 4.65. The van der Waals surface area contributed by atoms with E-state index in [4.69, 9.17) is 11.6 Å². The number of carbonyl (C=O) groups excluding carboxylic acids is 1. The third-order valence-corrected chi connectivity index (χ3v) is 6.71. The van der Waals surface area contributed by atoms with Crippen molar-refractivity contribution in [1.82, 2.24) is 9.62 Å². The zero-order valence-electron chi connectivity index (χ0n) is 16.5. The van der Waals surface area contributed by atoms with Gasteiger partial charge in [-0.3, -0.25) is 4.79 Å². The summed E-state index contributed by atoms with van der Waals surface area (Å²) < 4.78 is 27.6. The number of benzene rings is 3. The zero-order chi connectivity index (χ0) is 21.6. The Bertz CT molecular complexity index is 1070. The van der Waals surface area contributed by atoms with E-state index in [0.29, 0.717) is 5.02 Å². The van der Waals surface area contributed by atoms with E-state index in [1.54, 1.807) is 42.5 Å². The Labute approximate surface area is 182 Å². The maximum Gasteiger partial charge on any atom is 0.243 e. The first-order valence-corrected chi connectivity index (χ1v) is 11.3. The van der Waals surface area contributed by atoms with Crippen molar-refractivity contribution in [3.8, 4) is 0 Å². The molecule has 3 aromatic rings. The molecule has 0 aliphatic carbocycles. The molecule has 0 saturated heterocycles. The lowest BCUT2D eigenvalue weighted by Gasteiger charge is -2.23. The number of carbonyl (C=O) groups is 1. The molecule has 0 aliphatic rings. The minimum atomic E-state index is -3.87. The molecule has 1 atom stereocenters. The Morgan fingerprint density at radius 1 is 0.933 bits per heavy atom. The molecule has 0 bridgehead atoms. The van der Waals surface area contributed by atoms with Gasteiger partial charge in [-0.15, -0.1) is 0 Å². The van der Waals surface area contributed by atoms with Crippen LogP contribution in [0.3, 0.4) is 0 Å². The number of nitrogens with zero attached hydrogens (tertiary/aromatic N) is 1. The van der Waals surface area contributed by atoms with Crippen LogP contribution in [-0.4, -0.2) is 25.2 Å². The fraction of sp³-hybridized carbons (Fsp3) is 0.174. The van der Waals surface area contributed by atoms with Crippen LogP contribution < -0.4 is 5.32 Å². The second-order valence-corrected chi connectivity index (χ2v) is 9.29. The summed E-state index contributed by atoms with van der Waals surface area (Å²) in [6, 6.07) is 24.3. The highest BCUT2D eigenvalue weighted by atomic mass is 35.5. The Hall–Kier alpha value is -2.67. The summed E-state index contributed by atoms with van der Waals surface area (Å²) in [5.74, 6) is -0.375. The Kier molecular flexibility index (Phi) is 7.26. The average molecular weight is 443 g/mol. The fourth-order valence-corrected chi connectivity index (χ4v) is 4.56. The molecule has 1 unspecified atom stereocenters. The second kappa shape index (κ2) is 9.89. The fourth-order valence-electron chi connectivity index (χ4n) is 3.03. The van der Waals surface area contributed by atoms with E-state index in [-0.39, 0.29) is 29.9 Å². The first-order valence-electron chi connectivity index (χ1n) is 9.50. The molecule has 0 spiro atoms. The number of sulfonamides is 1. The van der Waals surface area contributed by atoms with Gasteiger partial charge in [0.1, 0.15) is 0 Å². The van der Waals surface area contributed by atoms with Gasteiger partial charge < -0.3 is 5.32 Å². The van der Waals surface area contributed by atoms with Crippen molar-refractivity contribution in [2.24, 2.45) is 0 Å². The molecule has 0 heterocycles. The van der Waals surface area contributed by atoms with Gasteiger partial charge in [0.2, 0.25) is 15.9 Å². The van der Waals surface area contributed by atoms with Crippen LogP contribution in [-0.2, 0) is 21.4 Å². The molecule has 156 valence electrons. The number of hydrogen-bond acceptors (Lipinski definition) is 3. The Balaban J connectivity index is 1.81. The SMILES string of the molecule is CC(NC(=O)CN(Cc1ccc(Cl)cc1)S(=O)(=O)c1ccccc1)c1ccccc1. The number of rotatable bonds is 8. The van der Waals surface area contributed by atoms with Crippen LogP contribution in [0.1, 0.15) is 24.1 Å². The maximum absolute atomic E-state index is 13.2. The van der Waals surface area contributed by atoms with Crippen LogP contribution >= 0.6 is 11.6 Å². The second-order valence-electron chi connectivity index (χ2n) is 6.91. The number of amides is 1. The first kappa shape index (κ1) is 22.0. The van der Waals surface area contributed by atoms with Crippen molar-refractivity contribution < 1.29 is 13.2 Å². The highest BCUT2D eigenvalue weighted by Crippen LogP contribution is 2.20. The van der Waals surface area contributed by atoms with Gasteiger partial charge in [0.05, 0.1) is 17.5 Å². The van der Waals surface area contributed by atoms with E-state index >= 15 is 0 Å². The van der Waals surface area contributed by atoms with Gasteiger partial charge >= 0.3 is 0 Å². The summed E-state index contributed by atoms with van der Waals surface area (Å²) in [7, 11) is -3.87. The topological polar surface area (TPSA) is 66.5 Å². The molecule has 0 aromatic heterocycles. The highest BCUT2D eigenvalue weighted by Gasteiger charge is 2.27. The first-order chi connectivity index (χ1) is 14.4. The van der Waals surface area contributed by atoms with Crippen molar-refractivity contribution in [3.63, 3.8) is 0 Å². The number of hydrogen-bond donors (Lipinski definition) is 1. The maximum atomic E-state index is 13.2. The lowest BCUT2D eigenvalue weighted by atomic mass is 10.1. The predicted molar refractivity (Wildman–Crippen MR) is 118 cm³/mol. The van der Waals surface area contributed by atoms with Crippen LogP contribution in [0.2, 0.25) is 5.02 Å². The summed E-state index contributed by atoms with van der Waals surface area (Å²) in [6.07, 6.45) is 0. The molecule has 0 saturated carbocycles. The van der Waals surface area contributed by atoms with Crippen molar-refractivity contribution in [2.75, 3.05) is 6.54 Å². The lowest BCUT2D eigenvalue weighted by molar-refractivity contribution is -0.122. The minimum Gasteiger partial charge on any atom is -0.348 e. The Morgan fingerprint density at radius 3 is 2.10 bits per heavy atom. The van der Waals surface area contributed by atoms with Crippen molar-refractivity contribution in [2.45, 2.75) is 24.4 Å². The lowest BCUT2D eigenvalue weighted by Crippen LogP contribution is -2.41. The van der Waals surface area contributed by atoms with Gasteiger partial charge in [0, 0.05) is 11.6 Å². The summed E-state index contributed by atoms with van der Waals surface area (Å²) in [5, 5.41) is 3.44. The number of halogens is 1. The van der Waals surface area contributed by atoms with Gasteiger partial charge in [0.15, 0.2) is 0 Å². The van der Waals surface area contributed by atoms with Gasteiger partial charge in [-0.25, -0.2) is 8.42 Å². The minimum absolute atomic E-state index is 0.0571. The zero-order valence-corrected chi connectivity index (χ0v) is 18.1. The van der Waals surface area contributed by atoms with Gasteiger partial charge in [-0.05, 0) is 42.3 Å². The summed E-state index contributed by atoms with van der Waals surface area (Å²) in [5.41, 5.74) is 1.68. The molecular formula is C23H23ClN2O3S. The molecular weight excluding hydrogens is 420 g/mol. The monoisotopic (exact) mass is 442 g/mol. The third kappa shape index (κ3) is 5.69. The van der Waals surface area contributed by atoms with E-state index in [2.05, 4.69) is 5.32 Å². The van der Waals surface area contributed by atoms with Crippen LogP contribution in [0.25, 0.3) is 0 Å². The molecule has 5 nitrogen and oxygen atoms in total. The van der Waals surface area contributed by atoms with Crippen LogP contribution in [0.5, 0.6) is 0 Å². The number of nitrogens with one attached hydrogen (secondary N) is 1. The quantitative estimate of drug-likeness (QED) is 0.562. The molecule has 30 heavy (non-hydrogen) atoms. The van der Waals surface area contributed by atoms with E-state index in [1.807, 2.05) is 37.3 Å². The van der Waals surface area contributed by atoms with Crippen molar-refractivity contribution >= 4 is 27.5 Å². The average Bonchev–Trinajstić information content (AvgIpc) is 2.76. The molecule has 3 rings (SSSR count). The highest BCUT2D eigenvalue weighted by molar-refractivity contribution is 7.89. The van der Waals surface area contributed by atoms with Crippen LogP contribution in [0.15, 0.2) is 89.8 Å². The largest absolute Gasteiger partial charge is 0.348 e. The van der Waals surface area contributed by atoms with Crippen LogP contribution in [0, 0.1) is 0 Å². The van der Waals surface area contributed by atoms with E-state index in [1.165, 1.54) is 16.4 Å². The van der Waals surface area contributed by atoms with E-state index in [9.17, 15) is 13.2 Å². The van der Waals surface area contributed by atoms with E-state index < -0.39 is 10.0 Å². The molecule has 0 aliphatic heterocycles. The normalized spacial score (nSPS) is 12.5. The smallest absolute Gasteiger partial charge is 0.243 e.